The van der Waals surface area contributed by atoms with Gasteiger partial charge in [-0.05, 0) is 37.3 Å². The van der Waals surface area contributed by atoms with Crippen LogP contribution in [0, 0.1) is 5.41 Å². The molecule has 1 atom stereocenters. The molecule has 1 aliphatic carbocycles. The number of ether oxygens (including phenoxy) is 1. The first-order valence-corrected chi connectivity index (χ1v) is 10.8. The van der Waals surface area contributed by atoms with E-state index in [-0.39, 0.29) is 23.5 Å². The highest BCUT2D eigenvalue weighted by Gasteiger charge is 2.34. The van der Waals surface area contributed by atoms with E-state index in [1.807, 2.05) is 13.8 Å². The van der Waals surface area contributed by atoms with Gasteiger partial charge in [-0.25, -0.2) is 15.0 Å². The number of rotatable bonds is 7. The van der Waals surface area contributed by atoms with Gasteiger partial charge >= 0.3 is 0 Å². The molecule has 3 aromatic rings. The average molecular weight is 437 g/mol. The molecule has 0 aromatic carbocycles. The Balaban J connectivity index is 1.44. The van der Waals surface area contributed by atoms with Gasteiger partial charge in [0, 0.05) is 43.1 Å². The minimum Gasteiger partial charge on any atom is -0.473 e. The minimum atomic E-state index is -0.147. The molecule has 0 aliphatic heterocycles. The van der Waals surface area contributed by atoms with Gasteiger partial charge in [0.2, 0.25) is 5.91 Å². The smallest absolute Gasteiger partial charge is 0.254 e. The van der Waals surface area contributed by atoms with E-state index in [2.05, 4.69) is 39.3 Å². The molecule has 4 rings (SSSR count). The van der Waals surface area contributed by atoms with Crippen molar-refractivity contribution in [2.24, 2.45) is 5.41 Å². The number of hydrogen-bond donors (Lipinski definition) is 1. The van der Waals surface area contributed by atoms with Crippen molar-refractivity contribution in [2.75, 3.05) is 0 Å². The third-order valence-electron chi connectivity index (χ3n) is 5.30. The van der Waals surface area contributed by atoms with Crippen molar-refractivity contribution in [1.29, 1.82) is 0 Å². The monoisotopic (exact) mass is 436 g/mol. The SMILES string of the molecule is CC(C)Oc1cc(CCC(=O)N[C@H]2CC(C)(C)Cc3nc(-c4cnccn4)ncc32)on1. The molecule has 32 heavy (non-hydrogen) atoms. The van der Waals surface area contributed by atoms with Crippen LogP contribution in [0.5, 0.6) is 5.88 Å². The molecule has 0 spiro atoms. The fourth-order valence-corrected chi connectivity index (χ4v) is 3.93. The van der Waals surface area contributed by atoms with Crippen LogP contribution in [-0.4, -0.2) is 37.1 Å². The zero-order valence-corrected chi connectivity index (χ0v) is 18.8. The lowest BCUT2D eigenvalue weighted by Gasteiger charge is -2.36. The number of carbonyl (C=O) groups excluding carboxylic acids is 1. The Kier molecular flexibility index (Phi) is 6.16. The van der Waals surface area contributed by atoms with E-state index >= 15 is 0 Å². The second-order valence-electron chi connectivity index (χ2n) is 9.15. The average Bonchev–Trinajstić information content (AvgIpc) is 3.18. The Morgan fingerprint density at radius 2 is 2.12 bits per heavy atom. The van der Waals surface area contributed by atoms with E-state index < -0.39 is 0 Å². The third kappa shape index (κ3) is 5.27. The normalized spacial score (nSPS) is 17.1. The van der Waals surface area contributed by atoms with E-state index in [0.717, 1.165) is 24.1 Å². The summed E-state index contributed by atoms with van der Waals surface area (Å²) >= 11 is 0. The zero-order chi connectivity index (χ0) is 22.7. The quantitative estimate of drug-likeness (QED) is 0.598. The van der Waals surface area contributed by atoms with E-state index in [1.54, 1.807) is 30.9 Å². The number of fused-ring (bicyclic) bond motifs is 1. The van der Waals surface area contributed by atoms with Gasteiger partial charge in [0.15, 0.2) is 5.82 Å². The number of aryl methyl sites for hydroxylation is 1. The van der Waals surface area contributed by atoms with Crippen LogP contribution in [0.1, 0.15) is 63.6 Å². The van der Waals surface area contributed by atoms with Gasteiger partial charge in [0.05, 0.1) is 24.0 Å². The molecule has 1 amide bonds. The first-order valence-electron chi connectivity index (χ1n) is 10.8. The van der Waals surface area contributed by atoms with Crippen molar-refractivity contribution in [1.82, 2.24) is 30.4 Å². The van der Waals surface area contributed by atoms with Crippen molar-refractivity contribution in [3.05, 3.63) is 47.9 Å². The van der Waals surface area contributed by atoms with Gasteiger partial charge in [-0.3, -0.25) is 9.78 Å². The van der Waals surface area contributed by atoms with Gasteiger partial charge in [-0.2, -0.15) is 0 Å². The summed E-state index contributed by atoms with van der Waals surface area (Å²) in [6, 6.07) is 1.58. The number of amides is 1. The molecule has 168 valence electrons. The summed E-state index contributed by atoms with van der Waals surface area (Å²) in [5.41, 5.74) is 2.52. The number of hydrogen-bond acceptors (Lipinski definition) is 8. The lowest BCUT2D eigenvalue weighted by Crippen LogP contribution is -2.37. The summed E-state index contributed by atoms with van der Waals surface area (Å²) in [7, 11) is 0. The van der Waals surface area contributed by atoms with Gasteiger partial charge in [-0.1, -0.05) is 13.8 Å². The third-order valence-corrected chi connectivity index (χ3v) is 5.30. The predicted molar refractivity (Wildman–Crippen MR) is 117 cm³/mol. The molecule has 9 heteroatoms. The molecule has 0 bridgehead atoms. The van der Waals surface area contributed by atoms with Crippen LogP contribution in [0.25, 0.3) is 11.5 Å². The molecule has 1 aliphatic rings. The van der Waals surface area contributed by atoms with Crippen molar-refractivity contribution in [3.63, 3.8) is 0 Å². The molecule has 0 saturated heterocycles. The summed E-state index contributed by atoms with van der Waals surface area (Å²) in [4.78, 5) is 30.3. The Hall–Kier alpha value is -3.36. The lowest BCUT2D eigenvalue weighted by molar-refractivity contribution is -0.122. The van der Waals surface area contributed by atoms with E-state index in [1.165, 1.54) is 0 Å². The molecular weight excluding hydrogens is 408 g/mol. The Labute approximate surface area is 187 Å². The Morgan fingerprint density at radius 1 is 1.28 bits per heavy atom. The molecule has 3 heterocycles. The zero-order valence-electron chi connectivity index (χ0n) is 18.8. The van der Waals surface area contributed by atoms with Crippen LogP contribution >= 0.6 is 0 Å². The number of carbonyl (C=O) groups is 1. The molecule has 1 N–H and O–H groups in total. The predicted octanol–water partition coefficient (Wildman–Crippen LogP) is 3.47. The molecule has 0 fully saturated rings. The maximum atomic E-state index is 12.7. The summed E-state index contributed by atoms with van der Waals surface area (Å²) < 4.78 is 10.8. The van der Waals surface area contributed by atoms with Gasteiger partial charge in [0.1, 0.15) is 11.5 Å². The lowest BCUT2D eigenvalue weighted by atomic mass is 9.74. The van der Waals surface area contributed by atoms with Crippen molar-refractivity contribution in [3.8, 4) is 17.4 Å². The van der Waals surface area contributed by atoms with E-state index in [0.29, 0.717) is 36.0 Å². The number of nitrogens with zero attached hydrogens (tertiary/aromatic N) is 5. The largest absolute Gasteiger partial charge is 0.473 e. The number of nitrogens with one attached hydrogen (secondary N) is 1. The van der Waals surface area contributed by atoms with Crippen LogP contribution in [0.15, 0.2) is 35.4 Å². The topological polar surface area (TPSA) is 116 Å². The van der Waals surface area contributed by atoms with Crippen LogP contribution < -0.4 is 10.1 Å². The second kappa shape index (κ2) is 9.02. The fraction of sp³-hybridized carbons (Fsp3) is 0.478. The molecule has 0 radical (unpaired) electrons. The highest BCUT2D eigenvalue weighted by molar-refractivity contribution is 5.76. The van der Waals surface area contributed by atoms with Crippen LogP contribution in [0.2, 0.25) is 0 Å². The maximum Gasteiger partial charge on any atom is 0.254 e. The highest BCUT2D eigenvalue weighted by atomic mass is 16.5. The first-order chi connectivity index (χ1) is 15.3. The van der Waals surface area contributed by atoms with Crippen LogP contribution in [-0.2, 0) is 17.6 Å². The minimum absolute atomic E-state index is 0.00699. The Bertz CT molecular complexity index is 1080. The van der Waals surface area contributed by atoms with E-state index in [9.17, 15) is 4.79 Å². The maximum absolute atomic E-state index is 12.7. The second-order valence-corrected chi connectivity index (χ2v) is 9.15. The van der Waals surface area contributed by atoms with Crippen LogP contribution in [0.3, 0.4) is 0 Å². The van der Waals surface area contributed by atoms with Crippen molar-refractivity contribution in [2.45, 2.75) is 65.5 Å². The fourth-order valence-electron chi connectivity index (χ4n) is 3.93. The van der Waals surface area contributed by atoms with Gasteiger partial charge < -0.3 is 14.6 Å². The molecule has 3 aromatic heterocycles. The first kappa shape index (κ1) is 21.9. The molecule has 0 saturated carbocycles. The number of aromatic nitrogens is 5. The van der Waals surface area contributed by atoms with Crippen molar-refractivity contribution >= 4 is 5.91 Å². The Morgan fingerprint density at radius 3 is 2.88 bits per heavy atom. The molecule has 0 unspecified atom stereocenters. The van der Waals surface area contributed by atoms with Gasteiger partial charge in [-0.15, -0.1) is 0 Å². The standard InChI is InChI=1S/C23H28N6O3/c1-14(2)31-21-9-15(32-29-21)5-6-20(30)27-17-10-23(3,4)11-18-16(17)12-26-22(28-18)19-13-24-7-8-25-19/h7-9,12-14,17H,5-6,10-11H2,1-4H3,(H,27,30)/t17-/m0/s1. The van der Waals surface area contributed by atoms with Crippen LogP contribution in [0.4, 0.5) is 0 Å². The summed E-state index contributed by atoms with van der Waals surface area (Å²) in [5, 5.41) is 7.04. The van der Waals surface area contributed by atoms with E-state index in [4.69, 9.17) is 14.2 Å². The molecule has 9 nitrogen and oxygen atoms in total. The summed E-state index contributed by atoms with van der Waals surface area (Å²) in [5.74, 6) is 1.55. The molecular formula is C23H28N6O3. The highest BCUT2D eigenvalue weighted by Crippen LogP contribution is 2.40. The summed E-state index contributed by atoms with van der Waals surface area (Å²) in [6.07, 6.45) is 9.07. The van der Waals surface area contributed by atoms with Gasteiger partial charge in [0.25, 0.3) is 5.88 Å². The summed E-state index contributed by atoms with van der Waals surface area (Å²) in [6.45, 7) is 8.21. The van der Waals surface area contributed by atoms with Crippen molar-refractivity contribution < 1.29 is 14.1 Å².